The molecule has 3 heteroatoms. The van der Waals surface area contributed by atoms with Crippen LogP contribution in [-0.2, 0) is 6.54 Å². The molecule has 0 aliphatic heterocycles. The zero-order chi connectivity index (χ0) is 18.6. The van der Waals surface area contributed by atoms with E-state index < -0.39 is 0 Å². The molecule has 0 aliphatic carbocycles. The summed E-state index contributed by atoms with van der Waals surface area (Å²) in [4.78, 5) is 0. The summed E-state index contributed by atoms with van der Waals surface area (Å²) in [5.41, 5.74) is 7.95. The first-order valence-corrected chi connectivity index (χ1v) is 8.29. The van der Waals surface area contributed by atoms with Gasteiger partial charge in [-0.15, -0.1) is 0 Å². The Kier molecular flexibility index (Phi) is 5.67. The Morgan fingerprint density at radius 1 is 1.24 bits per heavy atom. The quantitative estimate of drug-likeness (QED) is 0.760. The van der Waals surface area contributed by atoms with E-state index in [0.717, 1.165) is 44.9 Å². The van der Waals surface area contributed by atoms with Crippen LogP contribution in [0.3, 0.4) is 0 Å². The summed E-state index contributed by atoms with van der Waals surface area (Å²) in [6.45, 7) is 14.7. The van der Waals surface area contributed by atoms with Crippen molar-refractivity contribution >= 4 is 6.08 Å². The van der Waals surface area contributed by atoms with E-state index in [1.165, 1.54) is 0 Å². The van der Waals surface area contributed by atoms with Crippen LogP contribution in [0, 0.1) is 25.2 Å². The Morgan fingerprint density at radius 3 is 2.40 bits per heavy atom. The first-order chi connectivity index (χ1) is 11.9. The topological polar surface area (TPSA) is 40.8 Å². The van der Waals surface area contributed by atoms with Gasteiger partial charge in [0, 0.05) is 36.2 Å². The Balaban J connectivity index is 2.51. The van der Waals surface area contributed by atoms with Crippen LogP contribution < -0.4 is 5.32 Å². The predicted molar refractivity (Wildman–Crippen MR) is 106 cm³/mol. The summed E-state index contributed by atoms with van der Waals surface area (Å²) in [6.07, 6.45) is 3.85. The molecule has 1 N–H and O–H groups in total. The number of nitrogens with zero attached hydrogens (tertiary/aromatic N) is 2. The molecule has 1 aromatic carbocycles. The molecule has 0 radical (unpaired) electrons. The number of benzene rings is 1. The fourth-order valence-electron chi connectivity index (χ4n) is 3.02. The molecule has 1 aromatic heterocycles. The summed E-state index contributed by atoms with van der Waals surface area (Å²) >= 11 is 0. The molecule has 0 spiro atoms. The zero-order valence-electron chi connectivity index (χ0n) is 15.5. The van der Waals surface area contributed by atoms with Gasteiger partial charge in [-0.3, -0.25) is 0 Å². The monoisotopic (exact) mass is 331 g/mol. The van der Waals surface area contributed by atoms with Gasteiger partial charge in [-0.25, -0.2) is 0 Å². The lowest BCUT2D eigenvalue weighted by Gasteiger charge is -2.11. The normalized spacial score (nSPS) is 11.1. The maximum Gasteiger partial charge on any atom is 0.102 e. The van der Waals surface area contributed by atoms with Crippen molar-refractivity contribution in [2.24, 2.45) is 0 Å². The van der Waals surface area contributed by atoms with E-state index in [1.54, 1.807) is 0 Å². The molecule has 2 rings (SSSR count). The molecule has 0 amide bonds. The fraction of sp³-hybridized carbons (Fsp3) is 0.227. The van der Waals surface area contributed by atoms with Crippen molar-refractivity contribution in [1.29, 1.82) is 5.26 Å². The third-order valence-electron chi connectivity index (χ3n) is 4.51. The van der Waals surface area contributed by atoms with E-state index >= 15 is 0 Å². The first-order valence-electron chi connectivity index (χ1n) is 8.29. The van der Waals surface area contributed by atoms with Gasteiger partial charge in [0.25, 0.3) is 0 Å². The lowest BCUT2D eigenvalue weighted by molar-refractivity contribution is 0.748. The molecule has 2 aromatic rings. The molecular formula is C22H25N3. The molecule has 0 unspecified atom stereocenters. The summed E-state index contributed by atoms with van der Waals surface area (Å²) in [5.74, 6) is 0. The number of allylic oxidation sites excluding steroid dienone is 3. The standard InChI is InChI=1S/C22H25N3/c1-7-19-8-10-20(11-9-19)22-18(5)25(17(4)21(22)13-23)14-15(2)12-16(3)24-6/h7-12,24H,1-2,14H2,3-6H3/b16-12-. The summed E-state index contributed by atoms with van der Waals surface area (Å²) < 4.78 is 2.16. The van der Waals surface area contributed by atoms with E-state index in [1.807, 2.05) is 57.3 Å². The Hall–Kier alpha value is -2.99. The molecule has 0 saturated heterocycles. The van der Waals surface area contributed by atoms with Crippen LogP contribution in [0.2, 0.25) is 0 Å². The van der Waals surface area contributed by atoms with Gasteiger partial charge >= 0.3 is 0 Å². The second-order valence-corrected chi connectivity index (χ2v) is 6.18. The molecule has 0 fully saturated rings. The van der Waals surface area contributed by atoms with Gasteiger partial charge in [0.15, 0.2) is 0 Å². The summed E-state index contributed by atoms with van der Waals surface area (Å²) in [5, 5.41) is 12.8. The Bertz CT molecular complexity index is 871. The highest BCUT2D eigenvalue weighted by atomic mass is 15.0. The average Bonchev–Trinajstić information content (AvgIpc) is 2.85. The summed E-state index contributed by atoms with van der Waals surface area (Å²) in [6, 6.07) is 10.5. The highest BCUT2D eigenvalue weighted by molar-refractivity contribution is 5.76. The summed E-state index contributed by atoms with van der Waals surface area (Å²) in [7, 11) is 1.89. The van der Waals surface area contributed by atoms with Crippen molar-refractivity contribution in [2.75, 3.05) is 7.05 Å². The van der Waals surface area contributed by atoms with Crippen LogP contribution in [0.25, 0.3) is 17.2 Å². The maximum absolute atomic E-state index is 9.69. The lowest BCUT2D eigenvalue weighted by atomic mass is 10.00. The van der Waals surface area contributed by atoms with Gasteiger partial charge in [0.1, 0.15) is 6.07 Å². The zero-order valence-corrected chi connectivity index (χ0v) is 15.5. The van der Waals surface area contributed by atoms with Crippen LogP contribution in [0.15, 0.2) is 54.8 Å². The number of nitriles is 1. The van der Waals surface area contributed by atoms with Crippen LogP contribution in [0.4, 0.5) is 0 Å². The van der Waals surface area contributed by atoms with E-state index in [2.05, 4.69) is 36.0 Å². The lowest BCUT2D eigenvalue weighted by Crippen LogP contribution is -2.06. The minimum atomic E-state index is 0.663. The SMILES string of the molecule is C=Cc1ccc(-c2c(C#N)c(C)n(CC(=C)/C=C(/C)NC)c2C)cc1. The molecule has 25 heavy (non-hydrogen) atoms. The van der Waals surface area contributed by atoms with Gasteiger partial charge < -0.3 is 9.88 Å². The Morgan fingerprint density at radius 2 is 1.88 bits per heavy atom. The third-order valence-corrected chi connectivity index (χ3v) is 4.51. The molecule has 1 heterocycles. The van der Waals surface area contributed by atoms with Gasteiger partial charge in [0.05, 0.1) is 5.56 Å². The number of nitrogens with one attached hydrogen (secondary N) is 1. The second-order valence-electron chi connectivity index (χ2n) is 6.18. The predicted octanol–water partition coefficient (Wildman–Crippen LogP) is 4.97. The molecule has 0 saturated carbocycles. The molecule has 0 atom stereocenters. The molecule has 3 nitrogen and oxygen atoms in total. The third kappa shape index (κ3) is 3.75. The molecule has 0 aliphatic rings. The number of rotatable bonds is 6. The number of hydrogen-bond acceptors (Lipinski definition) is 2. The van der Waals surface area contributed by atoms with Crippen LogP contribution >= 0.6 is 0 Å². The number of aromatic nitrogens is 1. The van der Waals surface area contributed by atoms with Crippen molar-refractivity contribution in [1.82, 2.24) is 9.88 Å². The van der Waals surface area contributed by atoms with Gasteiger partial charge in [0.2, 0.25) is 0 Å². The van der Waals surface area contributed by atoms with Gasteiger partial charge in [-0.2, -0.15) is 5.26 Å². The molecule has 128 valence electrons. The van der Waals surface area contributed by atoms with E-state index in [4.69, 9.17) is 0 Å². The fourth-order valence-corrected chi connectivity index (χ4v) is 3.02. The van der Waals surface area contributed by atoms with Crippen molar-refractivity contribution in [3.8, 4) is 17.2 Å². The van der Waals surface area contributed by atoms with E-state index in [0.29, 0.717) is 6.54 Å². The van der Waals surface area contributed by atoms with Crippen molar-refractivity contribution in [3.63, 3.8) is 0 Å². The molecular weight excluding hydrogens is 306 g/mol. The smallest absolute Gasteiger partial charge is 0.102 e. The van der Waals surface area contributed by atoms with Crippen molar-refractivity contribution in [3.05, 3.63) is 77.3 Å². The van der Waals surface area contributed by atoms with E-state index in [-0.39, 0.29) is 0 Å². The van der Waals surface area contributed by atoms with E-state index in [9.17, 15) is 5.26 Å². The Labute approximate surface area is 150 Å². The minimum absolute atomic E-state index is 0.663. The highest BCUT2D eigenvalue weighted by Gasteiger charge is 2.19. The van der Waals surface area contributed by atoms with Crippen molar-refractivity contribution in [2.45, 2.75) is 27.3 Å². The first kappa shape index (κ1) is 18.4. The van der Waals surface area contributed by atoms with Gasteiger partial charge in [-0.1, -0.05) is 43.5 Å². The second kappa shape index (κ2) is 7.72. The largest absolute Gasteiger partial charge is 0.392 e. The maximum atomic E-state index is 9.69. The highest BCUT2D eigenvalue weighted by Crippen LogP contribution is 2.32. The average molecular weight is 331 g/mol. The van der Waals surface area contributed by atoms with Crippen LogP contribution in [0.5, 0.6) is 0 Å². The minimum Gasteiger partial charge on any atom is -0.392 e. The molecule has 0 bridgehead atoms. The van der Waals surface area contributed by atoms with Crippen LogP contribution in [-0.4, -0.2) is 11.6 Å². The van der Waals surface area contributed by atoms with Crippen LogP contribution in [0.1, 0.15) is 29.4 Å². The van der Waals surface area contributed by atoms with Gasteiger partial charge in [-0.05, 0) is 43.5 Å². The number of hydrogen-bond donors (Lipinski definition) is 1. The van der Waals surface area contributed by atoms with Crippen molar-refractivity contribution < 1.29 is 0 Å².